The number of rotatable bonds is 3. The number of nitrogens with one attached hydrogen (secondary N) is 1. The van der Waals surface area contributed by atoms with Crippen LogP contribution in [-0.2, 0) is 10.0 Å². The molecule has 7 heteroatoms. The third-order valence-electron chi connectivity index (χ3n) is 3.12. The zero-order chi connectivity index (χ0) is 13.9. The Kier molecular flexibility index (Phi) is 4.02. The van der Waals surface area contributed by atoms with Gasteiger partial charge in [0.1, 0.15) is 11.9 Å². The molecule has 102 valence electrons. The largest absolute Gasteiger partial charge is 0.365 e. The lowest BCUT2D eigenvalue weighted by atomic mass is 10.1. The molecule has 0 aliphatic carbocycles. The number of piperidine rings is 1. The minimum atomic E-state index is -3.16. The van der Waals surface area contributed by atoms with E-state index < -0.39 is 10.0 Å². The van der Waals surface area contributed by atoms with E-state index in [0.717, 1.165) is 12.8 Å². The zero-order valence-corrected chi connectivity index (χ0v) is 11.5. The van der Waals surface area contributed by atoms with Crippen LogP contribution in [0.1, 0.15) is 18.4 Å². The molecule has 6 nitrogen and oxygen atoms in total. The van der Waals surface area contributed by atoms with Gasteiger partial charge in [0.2, 0.25) is 10.0 Å². The average Bonchev–Trinajstić information content (AvgIpc) is 2.39. The second-order valence-corrected chi connectivity index (χ2v) is 6.60. The second kappa shape index (κ2) is 5.55. The summed E-state index contributed by atoms with van der Waals surface area (Å²) in [6, 6.07) is 5.45. The third kappa shape index (κ3) is 3.43. The molecule has 1 N–H and O–H groups in total. The predicted octanol–water partition coefficient (Wildman–Crippen LogP) is 0.789. The lowest BCUT2D eigenvalue weighted by Crippen LogP contribution is -2.44. The molecule has 1 aliphatic rings. The van der Waals surface area contributed by atoms with Crippen molar-refractivity contribution in [2.24, 2.45) is 0 Å². The average molecular weight is 280 g/mol. The van der Waals surface area contributed by atoms with Crippen LogP contribution in [0.2, 0.25) is 0 Å². The van der Waals surface area contributed by atoms with Crippen LogP contribution in [0.15, 0.2) is 18.3 Å². The Morgan fingerprint density at radius 3 is 3.05 bits per heavy atom. The van der Waals surface area contributed by atoms with Gasteiger partial charge < -0.3 is 5.32 Å². The smallest absolute Gasteiger partial charge is 0.211 e. The monoisotopic (exact) mass is 280 g/mol. The fourth-order valence-electron chi connectivity index (χ4n) is 2.17. The van der Waals surface area contributed by atoms with E-state index in [1.165, 1.54) is 10.6 Å². The molecule has 2 heterocycles. The van der Waals surface area contributed by atoms with Crippen LogP contribution in [-0.4, -0.2) is 43.1 Å². The summed E-state index contributed by atoms with van der Waals surface area (Å²) in [4.78, 5) is 4.13. The molecule has 0 bridgehead atoms. The molecule has 2 rings (SSSR count). The first-order valence-corrected chi connectivity index (χ1v) is 7.92. The number of pyridine rings is 1. The molecule has 0 radical (unpaired) electrons. The minimum Gasteiger partial charge on any atom is -0.365 e. The summed E-state index contributed by atoms with van der Waals surface area (Å²) in [5.74, 6) is 0.519. The molecule has 0 amide bonds. The maximum Gasteiger partial charge on any atom is 0.211 e. The molecule has 1 aromatic heterocycles. The Morgan fingerprint density at radius 1 is 1.58 bits per heavy atom. The topological polar surface area (TPSA) is 86.1 Å². The Hall–Kier alpha value is -1.65. The molecule has 1 atom stereocenters. The number of anilines is 1. The van der Waals surface area contributed by atoms with Crippen LogP contribution in [0.3, 0.4) is 0 Å². The summed E-state index contributed by atoms with van der Waals surface area (Å²) in [5.41, 5.74) is 0.471. The van der Waals surface area contributed by atoms with Gasteiger partial charge in [-0.25, -0.2) is 17.7 Å². The van der Waals surface area contributed by atoms with Gasteiger partial charge in [-0.05, 0) is 25.0 Å². The van der Waals surface area contributed by atoms with E-state index in [1.807, 2.05) is 0 Å². The van der Waals surface area contributed by atoms with Crippen molar-refractivity contribution in [2.75, 3.05) is 24.7 Å². The zero-order valence-electron chi connectivity index (χ0n) is 10.7. The van der Waals surface area contributed by atoms with Gasteiger partial charge in [-0.3, -0.25) is 0 Å². The molecule has 1 aliphatic heterocycles. The van der Waals surface area contributed by atoms with Gasteiger partial charge in [0, 0.05) is 25.3 Å². The van der Waals surface area contributed by atoms with Gasteiger partial charge >= 0.3 is 0 Å². The summed E-state index contributed by atoms with van der Waals surface area (Å²) < 4.78 is 24.5. The molecule has 1 fully saturated rings. The highest BCUT2D eigenvalue weighted by atomic mass is 32.2. The first kappa shape index (κ1) is 13.8. The second-order valence-electron chi connectivity index (χ2n) is 4.62. The van der Waals surface area contributed by atoms with E-state index >= 15 is 0 Å². The summed E-state index contributed by atoms with van der Waals surface area (Å²) in [6.07, 6.45) is 4.50. The van der Waals surface area contributed by atoms with Crippen LogP contribution in [0.25, 0.3) is 0 Å². The van der Waals surface area contributed by atoms with E-state index in [0.29, 0.717) is 24.5 Å². The maximum absolute atomic E-state index is 11.5. The normalized spacial score (nSPS) is 20.7. The Labute approximate surface area is 113 Å². The lowest BCUT2D eigenvalue weighted by molar-refractivity contribution is 0.329. The molecule has 19 heavy (non-hydrogen) atoms. The van der Waals surface area contributed by atoms with Gasteiger partial charge in [0.15, 0.2) is 0 Å². The number of hydrogen-bond acceptors (Lipinski definition) is 5. The fourth-order valence-corrected chi connectivity index (χ4v) is 3.08. The molecular weight excluding hydrogens is 264 g/mol. The highest BCUT2D eigenvalue weighted by molar-refractivity contribution is 7.88. The van der Waals surface area contributed by atoms with Gasteiger partial charge in [0.05, 0.1) is 11.8 Å². The number of sulfonamides is 1. The van der Waals surface area contributed by atoms with Crippen LogP contribution < -0.4 is 5.32 Å². The van der Waals surface area contributed by atoms with E-state index in [9.17, 15) is 8.42 Å². The van der Waals surface area contributed by atoms with Crippen LogP contribution in [0.4, 0.5) is 5.82 Å². The molecule has 0 spiro atoms. The highest BCUT2D eigenvalue weighted by Gasteiger charge is 2.26. The van der Waals surface area contributed by atoms with Crippen molar-refractivity contribution in [3.05, 3.63) is 23.9 Å². The van der Waals surface area contributed by atoms with Crippen molar-refractivity contribution in [3.8, 4) is 6.07 Å². The quantitative estimate of drug-likeness (QED) is 0.884. The SMILES string of the molecule is CS(=O)(=O)N1CCCC(Nc2ncccc2C#N)C1. The van der Waals surface area contributed by atoms with Crippen molar-refractivity contribution >= 4 is 15.8 Å². The van der Waals surface area contributed by atoms with Gasteiger partial charge in [-0.1, -0.05) is 0 Å². The number of hydrogen-bond donors (Lipinski definition) is 1. The van der Waals surface area contributed by atoms with Crippen molar-refractivity contribution in [3.63, 3.8) is 0 Å². The number of nitriles is 1. The first-order chi connectivity index (χ1) is 9.00. The Bertz CT molecular complexity index is 594. The molecule has 1 saturated heterocycles. The Balaban J connectivity index is 2.09. The molecular formula is C12H16N4O2S. The molecule has 1 aromatic rings. The summed E-state index contributed by atoms with van der Waals surface area (Å²) in [5, 5.41) is 12.2. The lowest BCUT2D eigenvalue weighted by Gasteiger charge is -2.31. The van der Waals surface area contributed by atoms with E-state index in [-0.39, 0.29) is 6.04 Å². The predicted molar refractivity (Wildman–Crippen MR) is 72.0 cm³/mol. The van der Waals surface area contributed by atoms with Crippen molar-refractivity contribution < 1.29 is 8.42 Å². The number of aromatic nitrogens is 1. The highest BCUT2D eigenvalue weighted by Crippen LogP contribution is 2.18. The van der Waals surface area contributed by atoms with Gasteiger partial charge in [0.25, 0.3) is 0 Å². The summed E-state index contributed by atoms with van der Waals surface area (Å²) in [6.45, 7) is 0.977. The number of nitrogens with zero attached hydrogens (tertiary/aromatic N) is 3. The van der Waals surface area contributed by atoms with Gasteiger partial charge in [-0.2, -0.15) is 5.26 Å². The van der Waals surface area contributed by atoms with Crippen molar-refractivity contribution in [2.45, 2.75) is 18.9 Å². The third-order valence-corrected chi connectivity index (χ3v) is 4.39. The van der Waals surface area contributed by atoms with Crippen LogP contribution >= 0.6 is 0 Å². The van der Waals surface area contributed by atoms with E-state index in [2.05, 4.69) is 16.4 Å². The van der Waals surface area contributed by atoms with Crippen LogP contribution in [0.5, 0.6) is 0 Å². The maximum atomic E-state index is 11.5. The molecule has 0 saturated carbocycles. The molecule has 1 unspecified atom stereocenters. The van der Waals surface area contributed by atoms with Crippen LogP contribution in [0, 0.1) is 11.3 Å². The van der Waals surface area contributed by atoms with Gasteiger partial charge in [-0.15, -0.1) is 0 Å². The molecule has 0 aromatic carbocycles. The van der Waals surface area contributed by atoms with E-state index in [1.54, 1.807) is 18.3 Å². The fraction of sp³-hybridized carbons (Fsp3) is 0.500. The van der Waals surface area contributed by atoms with Crippen molar-refractivity contribution in [1.82, 2.24) is 9.29 Å². The first-order valence-electron chi connectivity index (χ1n) is 6.07. The summed E-state index contributed by atoms with van der Waals surface area (Å²) in [7, 11) is -3.16. The minimum absolute atomic E-state index is 0.00882. The van der Waals surface area contributed by atoms with E-state index in [4.69, 9.17) is 5.26 Å². The Morgan fingerprint density at radius 2 is 2.37 bits per heavy atom. The standard InChI is InChI=1S/C12H16N4O2S/c1-19(17,18)16-7-3-5-11(9-16)15-12-10(8-13)4-2-6-14-12/h2,4,6,11H,3,5,7,9H2,1H3,(H,14,15). The van der Waals surface area contributed by atoms with Crippen molar-refractivity contribution in [1.29, 1.82) is 5.26 Å². The summed E-state index contributed by atoms with van der Waals surface area (Å²) >= 11 is 0.